The normalized spacial score (nSPS) is 33.8. The molecule has 11 heavy (non-hydrogen) atoms. The fourth-order valence-electron chi connectivity index (χ4n) is 0.897. The van der Waals surface area contributed by atoms with Crippen LogP contribution in [-0.4, -0.2) is 31.5 Å². The van der Waals surface area contributed by atoms with E-state index in [-0.39, 0.29) is 19.2 Å². The molecule has 0 amide bonds. The molecular formula is C6H10F3NO. The van der Waals surface area contributed by atoms with Crippen molar-refractivity contribution < 1.29 is 17.9 Å². The van der Waals surface area contributed by atoms with Gasteiger partial charge in [-0.1, -0.05) is 0 Å². The molecule has 0 radical (unpaired) electrons. The van der Waals surface area contributed by atoms with Crippen molar-refractivity contribution in [2.75, 3.05) is 13.2 Å². The van der Waals surface area contributed by atoms with Gasteiger partial charge in [-0.2, -0.15) is 13.2 Å². The van der Waals surface area contributed by atoms with Crippen molar-refractivity contribution in [1.29, 1.82) is 0 Å². The summed E-state index contributed by atoms with van der Waals surface area (Å²) in [7, 11) is 0. The zero-order valence-corrected chi connectivity index (χ0v) is 6.11. The van der Waals surface area contributed by atoms with Crippen LogP contribution in [-0.2, 0) is 4.74 Å². The third-order valence-electron chi connectivity index (χ3n) is 1.56. The number of morpholine rings is 1. The van der Waals surface area contributed by atoms with Gasteiger partial charge in [-0.25, -0.2) is 0 Å². The van der Waals surface area contributed by atoms with Gasteiger partial charge in [-0.05, 0) is 6.92 Å². The predicted molar refractivity (Wildman–Crippen MR) is 33.3 cm³/mol. The standard InChI is InChI=1S/C6H10F3NO/c1-4-3-11-5(2-10-4)6(7,8)9/h4-5,10H,2-3H2,1H3/t4-,5-/m0/s1. The van der Waals surface area contributed by atoms with Gasteiger partial charge in [0.1, 0.15) is 0 Å². The maximum absolute atomic E-state index is 11.9. The van der Waals surface area contributed by atoms with Crippen LogP contribution in [0.15, 0.2) is 0 Å². The lowest BCUT2D eigenvalue weighted by Crippen LogP contribution is -2.50. The Morgan fingerprint density at radius 2 is 2.09 bits per heavy atom. The van der Waals surface area contributed by atoms with Crippen LogP contribution in [0.5, 0.6) is 0 Å². The van der Waals surface area contributed by atoms with Gasteiger partial charge in [-0.15, -0.1) is 0 Å². The molecule has 0 aromatic heterocycles. The molecule has 1 fully saturated rings. The minimum atomic E-state index is -4.23. The average molecular weight is 169 g/mol. The molecular weight excluding hydrogens is 159 g/mol. The molecule has 0 spiro atoms. The van der Waals surface area contributed by atoms with E-state index in [0.717, 1.165) is 0 Å². The first-order valence-corrected chi connectivity index (χ1v) is 3.42. The van der Waals surface area contributed by atoms with Gasteiger partial charge in [-0.3, -0.25) is 0 Å². The smallest absolute Gasteiger partial charge is 0.366 e. The second-order valence-corrected chi connectivity index (χ2v) is 2.67. The maximum Gasteiger partial charge on any atom is 0.415 e. The van der Waals surface area contributed by atoms with E-state index in [4.69, 9.17) is 0 Å². The van der Waals surface area contributed by atoms with Crippen molar-refractivity contribution in [1.82, 2.24) is 5.32 Å². The minimum absolute atomic E-state index is 0.0219. The average Bonchev–Trinajstić information content (AvgIpc) is 1.86. The highest BCUT2D eigenvalue weighted by Gasteiger charge is 2.42. The fourth-order valence-corrected chi connectivity index (χ4v) is 0.897. The van der Waals surface area contributed by atoms with Gasteiger partial charge in [0.15, 0.2) is 6.10 Å². The number of halogens is 3. The van der Waals surface area contributed by atoms with Gasteiger partial charge >= 0.3 is 6.18 Å². The van der Waals surface area contributed by atoms with Gasteiger partial charge in [0.05, 0.1) is 6.61 Å². The quantitative estimate of drug-likeness (QED) is 0.582. The molecule has 0 unspecified atom stereocenters. The number of nitrogens with one attached hydrogen (secondary N) is 1. The first-order chi connectivity index (χ1) is 5.00. The highest BCUT2D eigenvalue weighted by molar-refractivity contribution is 4.77. The molecule has 5 heteroatoms. The molecule has 2 atom stereocenters. The zero-order valence-electron chi connectivity index (χ0n) is 6.11. The summed E-state index contributed by atoms with van der Waals surface area (Å²) in [5, 5.41) is 2.69. The summed E-state index contributed by atoms with van der Waals surface area (Å²) in [6.07, 6.45) is -5.86. The summed E-state index contributed by atoms with van der Waals surface area (Å²) in [6, 6.07) is 0.0219. The van der Waals surface area contributed by atoms with Crippen molar-refractivity contribution in [3.8, 4) is 0 Å². The van der Waals surface area contributed by atoms with Crippen LogP contribution in [0.1, 0.15) is 6.92 Å². The van der Waals surface area contributed by atoms with Crippen molar-refractivity contribution in [3.05, 3.63) is 0 Å². The third kappa shape index (κ3) is 2.34. The number of ether oxygens (including phenoxy) is 1. The van der Waals surface area contributed by atoms with Gasteiger partial charge in [0.25, 0.3) is 0 Å². The van der Waals surface area contributed by atoms with Crippen LogP contribution in [0.3, 0.4) is 0 Å². The Labute approximate surface area is 62.7 Å². The van der Waals surface area contributed by atoms with E-state index in [1.807, 2.05) is 0 Å². The third-order valence-corrected chi connectivity index (χ3v) is 1.56. The first-order valence-electron chi connectivity index (χ1n) is 3.42. The summed E-state index contributed by atoms with van der Waals surface area (Å²) in [5.74, 6) is 0. The molecule has 0 bridgehead atoms. The monoisotopic (exact) mass is 169 g/mol. The van der Waals surface area contributed by atoms with Gasteiger partial charge in [0.2, 0.25) is 0 Å². The molecule has 1 N–H and O–H groups in total. The van der Waals surface area contributed by atoms with Crippen LogP contribution < -0.4 is 5.32 Å². The van der Waals surface area contributed by atoms with Crippen molar-refractivity contribution in [2.24, 2.45) is 0 Å². The maximum atomic E-state index is 11.9. The molecule has 1 saturated heterocycles. The summed E-state index contributed by atoms with van der Waals surface area (Å²) in [4.78, 5) is 0. The van der Waals surface area contributed by atoms with Crippen LogP contribution in [0.4, 0.5) is 13.2 Å². The second kappa shape index (κ2) is 2.98. The minimum Gasteiger partial charge on any atom is -0.366 e. The number of rotatable bonds is 0. The van der Waals surface area contributed by atoms with E-state index in [1.54, 1.807) is 6.92 Å². The lowest BCUT2D eigenvalue weighted by atomic mass is 10.2. The molecule has 2 nitrogen and oxygen atoms in total. The molecule has 1 rings (SSSR count). The largest absolute Gasteiger partial charge is 0.415 e. The summed E-state index contributed by atoms with van der Waals surface area (Å²) in [6.45, 7) is 1.78. The topological polar surface area (TPSA) is 21.3 Å². The summed E-state index contributed by atoms with van der Waals surface area (Å²) >= 11 is 0. The number of alkyl halides is 3. The highest BCUT2D eigenvalue weighted by Crippen LogP contribution is 2.23. The molecule has 1 aliphatic heterocycles. The van der Waals surface area contributed by atoms with E-state index in [2.05, 4.69) is 10.1 Å². The molecule has 1 aliphatic rings. The Morgan fingerprint density at radius 1 is 1.45 bits per heavy atom. The Balaban J connectivity index is 2.39. The van der Waals surface area contributed by atoms with Gasteiger partial charge in [0, 0.05) is 12.6 Å². The second-order valence-electron chi connectivity index (χ2n) is 2.67. The van der Waals surface area contributed by atoms with Crippen LogP contribution >= 0.6 is 0 Å². The molecule has 0 aromatic carbocycles. The molecule has 66 valence electrons. The van der Waals surface area contributed by atoms with E-state index >= 15 is 0 Å². The fraction of sp³-hybridized carbons (Fsp3) is 1.00. The SMILES string of the molecule is C[C@H]1CO[C@H](C(F)(F)F)CN1. The van der Waals surface area contributed by atoms with Crippen molar-refractivity contribution in [2.45, 2.75) is 25.2 Å². The van der Waals surface area contributed by atoms with Gasteiger partial charge < -0.3 is 10.1 Å². The molecule has 0 saturated carbocycles. The van der Waals surface area contributed by atoms with Crippen LogP contribution in [0, 0.1) is 0 Å². The molecule has 0 aliphatic carbocycles. The Kier molecular flexibility index (Phi) is 2.39. The Bertz CT molecular complexity index is 128. The predicted octanol–water partition coefficient (Wildman–Crippen LogP) is 0.926. The van der Waals surface area contributed by atoms with E-state index in [9.17, 15) is 13.2 Å². The van der Waals surface area contributed by atoms with Crippen molar-refractivity contribution in [3.63, 3.8) is 0 Å². The molecule has 1 heterocycles. The van der Waals surface area contributed by atoms with Crippen molar-refractivity contribution >= 4 is 0 Å². The zero-order chi connectivity index (χ0) is 8.48. The van der Waals surface area contributed by atoms with E-state index in [1.165, 1.54) is 0 Å². The molecule has 0 aromatic rings. The Morgan fingerprint density at radius 3 is 2.45 bits per heavy atom. The van der Waals surface area contributed by atoms with Crippen LogP contribution in [0.2, 0.25) is 0 Å². The number of hydrogen-bond acceptors (Lipinski definition) is 2. The number of hydrogen-bond donors (Lipinski definition) is 1. The lowest BCUT2D eigenvalue weighted by Gasteiger charge is -2.29. The lowest BCUT2D eigenvalue weighted by molar-refractivity contribution is -0.228. The highest BCUT2D eigenvalue weighted by atomic mass is 19.4. The van der Waals surface area contributed by atoms with E-state index in [0.29, 0.717) is 0 Å². The Hall–Kier alpha value is -0.290. The van der Waals surface area contributed by atoms with E-state index < -0.39 is 12.3 Å². The summed E-state index contributed by atoms with van der Waals surface area (Å²) < 4.78 is 40.3. The van der Waals surface area contributed by atoms with Crippen LogP contribution in [0.25, 0.3) is 0 Å². The first kappa shape index (κ1) is 8.80. The summed E-state index contributed by atoms with van der Waals surface area (Å²) in [5.41, 5.74) is 0.